The molecule has 1 atom stereocenters. The van der Waals surface area contributed by atoms with Crippen molar-refractivity contribution < 1.29 is 14.6 Å². The van der Waals surface area contributed by atoms with Crippen LogP contribution >= 0.6 is 23.2 Å². The highest BCUT2D eigenvalue weighted by atomic mass is 35.5. The second-order valence-corrected chi connectivity index (χ2v) is 5.63. The summed E-state index contributed by atoms with van der Waals surface area (Å²) >= 11 is 11.7. The zero-order valence-corrected chi connectivity index (χ0v) is 18.1. The van der Waals surface area contributed by atoms with Gasteiger partial charge >= 0.3 is 5.97 Å². The monoisotopic (exact) mass is 402 g/mol. The molecule has 0 saturated carbocycles. The number of aliphatic hydroxyl groups is 1. The molecule has 0 aliphatic rings. The van der Waals surface area contributed by atoms with Crippen LogP contribution in [0.25, 0.3) is 0 Å². The molecule has 1 N–H and O–H groups in total. The predicted molar refractivity (Wildman–Crippen MR) is 112 cm³/mol. The third-order valence-corrected chi connectivity index (χ3v) is 3.72. The molecular formula is C21H32Cl2O3. The Labute approximate surface area is 169 Å². The summed E-state index contributed by atoms with van der Waals surface area (Å²) in [6.45, 7) is 10.2. The quantitative estimate of drug-likeness (QED) is 0.431. The molecule has 0 heterocycles. The molecule has 1 unspecified atom stereocenters. The molecule has 5 heteroatoms. The van der Waals surface area contributed by atoms with Crippen molar-refractivity contribution in [2.24, 2.45) is 0 Å². The van der Waals surface area contributed by atoms with Gasteiger partial charge in [-0.15, -0.1) is 0 Å². The van der Waals surface area contributed by atoms with E-state index in [1.54, 1.807) is 25.1 Å². The summed E-state index contributed by atoms with van der Waals surface area (Å²) in [7, 11) is 0. The van der Waals surface area contributed by atoms with Crippen LogP contribution < -0.4 is 0 Å². The minimum Gasteiger partial charge on any atom is -0.466 e. The number of benzene rings is 1. The predicted octanol–water partition coefficient (Wildman–Crippen LogP) is 6.27. The lowest BCUT2D eigenvalue weighted by Gasteiger charge is -2.07. The molecule has 0 saturated heterocycles. The van der Waals surface area contributed by atoms with E-state index in [1.165, 1.54) is 0 Å². The van der Waals surface area contributed by atoms with Crippen LogP contribution in [0.2, 0.25) is 10.0 Å². The molecule has 26 heavy (non-hydrogen) atoms. The summed E-state index contributed by atoms with van der Waals surface area (Å²) < 4.78 is 4.83. The topological polar surface area (TPSA) is 46.5 Å². The zero-order chi connectivity index (χ0) is 20.4. The first-order chi connectivity index (χ1) is 12.5. The van der Waals surface area contributed by atoms with Crippen molar-refractivity contribution in [2.45, 2.75) is 72.8 Å². The van der Waals surface area contributed by atoms with Gasteiger partial charge in [-0.3, -0.25) is 4.79 Å². The Bertz CT molecular complexity index is 548. The van der Waals surface area contributed by atoms with Crippen LogP contribution in [0.3, 0.4) is 0 Å². The minimum absolute atomic E-state index is 0.214. The summed E-state index contributed by atoms with van der Waals surface area (Å²) in [5, 5.41) is 10.8. The van der Waals surface area contributed by atoms with E-state index in [0.29, 0.717) is 48.8 Å². The molecule has 0 bridgehead atoms. The first-order valence-corrected chi connectivity index (χ1v) is 10.1. The Morgan fingerprint density at radius 2 is 1.81 bits per heavy atom. The molecule has 1 aromatic rings. The molecule has 0 fully saturated rings. The van der Waals surface area contributed by atoms with Gasteiger partial charge in [-0.1, -0.05) is 62.7 Å². The first kappa shape index (κ1) is 27.0. The number of hydrogen-bond donors (Lipinski definition) is 1. The standard InChI is InChI=1S/C17H20Cl2O3.2C2H6/c1-2-22-17(21)9-5-8-14(20)7-4-3-6-13-10-11-15(18)16(19)12-13;2*1-2/h10-12,14,20H,2,4-5,7-9H2,1H3;2*1-2H3. The molecule has 0 spiro atoms. The third-order valence-electron chi connectivity index (χ3n) is 2.98. The average Bonchev–Trinajstić information content (AvgIpc) is 2.65. The van der Waals surface area contributed by atoms with Gasteiger partial charge < -0.3 is 9.84 Å². The smallest absolute Gasteiger partial charge is 0.305 e. The SMILES string of the molecule is CC.CC.CCOC(=O)CCCC(O)CCC#Cc1ccc(Cl)c(Cl)c1. The molecule has 0 radical (unpaired) electrons. The maximum absolute atomic E-state index is 11.1. The molecule has 0 aliphatic heterocycles. The van der Waals surface area contributed by atoms with Crippen LogP contribution in [-0.4, -0.2) is 23.8 Å². The van der Waals surface area contributed by atoms with E-state index in [-0.39, 0.29) is 5.97 Å². The van der Waals surface area contributed by atoms with Gasteiger partial charge in [0.1, 0.15) is 0 Å². The molecular weight excluding hydrogens is 371 g/mol. The van der Waals surface area contributed by atoms with Crippen molar-refractivity contribution in [3.8, 4) is 11.8 Å². The van der Waals surface area contributed by atoms with E-state index < -0.39 is 6.10 Å². The molecule has 148 valence electrons. The van der Waals surface area contributed by atoms with Gasteiger partial charge in [0, 0.05) is 18.4 Å². The van der Waals surface area contributed by atoms with Gasteiger partial charge in [-0.25, -0.2) is 0 Å². The highest BCUT2D eigenvalue weighted by Crippen LogP contribution is 2.22. The second kappa shape index (κ2) is 18.6. The number of hydrogen-bond acceptors (Lipinski definition) is 3. The lowest BCUT2D eigenvalue weighted by Crippen LogP contribution is -2.09. The molecule has 0 aromatic heterocycles. The maximum atomic E-state index is 11.1. The van der Waals surface area contributed by atoms with E-state index in [9.17, 15) is 9.90 Å². The Balaban J connectivity index is 0. The molecule has 1 rings (SSSR count). The van der Waals surface area contributed by atoms with Crippen LogP contribution in [0, 0.1) is 11.8 Å². The summed E-state index contributed by atoms with van der Waals surface area (Å²) in [5.74, 6) is 5.76. The van der Waals surface area contributed by atoms with Crippen LogP contribution in [-0.2, 0) is 9.53 Å². The fourth-order valence-corrected chi connectivity index (χ4v) is 2.13. The molecule has 0 aliphatic carbocycles. The summed E-state index contributed by atoms with van der Waals surface area (Å²) in [4.78, 5) is 11.1. The van der Waals surface area contributed by atoms with Gasteiger partial charge in [-0.05, 0) is 44.4 Å². The van der Waals surface area contributed by atoms with Crippen LogP contribution in [0.5, 0.6) is 0 Å². The fourth-order valence-electron chi connectivity index (χ4n) is 1.84. The average molecular weight is 403 g/mol. The molecule has 0 amide bonds. The number of carbonyl (C=O) groups excluding carboxylic acids is 1. The van der Waals surface area contributed by atoms with Crippen LogP contribution in [0.4, 0.5) is 0 Å². The number of ether oxygens (including phenoxy) is 1. The number of carbonyl (C=O) groups is 1. The van der Waals surface area contributed by atoms with E-state index in [4.69, 9.17) is 27.9 Å². The lowest BCUT2D eigenvalue weighted by molar-refractivity contribution is -0.143. The van der Waals surface area contributed by atoms with E-state index in [1.807, 2.05) is 27.7 Å². The summed E-state index contributed by atoms with van der Waals surface area (Å²) in [6.07, 6.45) is 2.27. The molecule has 1 aromatic carbocycles. The largest absolute Gasteiger partial charge is 0.466 e. The third kappa shape index (κ3) is 14.0. The highest BCUT2D eigenvalue weighted by Gasteiger charge is 2.06. The number of halogens is 2. The maximum Gasteiger partial charge on any atom is 0.305 e. The summed E-state index contributed by atoms with van der Waals surface area (Å²) in [5.41, 5.74) is 0.797. The summed E-state index contributed by atoms with van der Waals surface area (Å²) in [6, 6.07) is 5.22. The van der Waals surface area contributed by atoms with Crippen molar-refractivity contribution in [3.63, 3.8) is 0 Å². The Kier molecular flexibility index (Phi) is 19.3. The van der Waals surface area contributed by atoms with Crippen molar-refractivity contribution in [2.75, 3.05) is 6.61 Å². The Morgan fingerprint density at radius 1 is 1.15 bits per heavy atom. The van der Waals surface area contributed by atoms with E-state index in [2.05, 4.69) is 11.8 Å². The van der Waals surface area contributed by atoms with Crippen LogP contribution in [0.1, 0.15) is 72.3 Å². The Hall–Kier alpha value is -1.21. The number of rotatable bonds is 7. The van der Waals surface area contributed by atoms with Gasteiger partial charge in [0.05, 0.1) is 22.8 Å². The number of aliphatic hydroxyl groups excluding tert-OH is 1. The van der Waals surface area contributed by atoms with E-state index >= 15 is 0 Å². The van der Waals surface area contributed by atoms with Gasteiger partial charge in [0.25, 0.3) is 0 Å². The number of esters is 1. The van der Waals surface area contributed by atoms with Crippen molar-refractivity contribution in [1.29, 1.82) is 0 Å². The fraction of sp³-hybridized carbons (Fsp3) is 0.571. The second-order valence-electron chi connectivity index (χ2n) is 4.82. The first-order valence-electron chi connectivity index (χ1n) is 9.30. The van der Waals surface area contributed by atoms with E-state index in [0.717, 1.165) is 5.56 Å². The molecule has 3 nitrogen and oxygen atoms in total. The van der Waals surface area contributed by atoms with Crippen molar-refractivity contribution in [1.82, 2.24) is 0 Å². The van der Waals surface area contributed by atoms with Crippen LogP contribution in [0.15, 0.2) is 18.2 Å². The minimum atomic E-state index is -0.447. The van der Waals surface area contributed by atoms with Gasteiger partial charge in [-0.2, -0.15) is 0 Å². The highest BCUT2D eigenvalue weighted by molar-refractivity contribution is 6.42. The van der Waals surface area contributed by atoms with Crippen molar-refractivity contribution >= 4 is 29.2 Å². The Morgan fingerprint density at radius 3 is 2.38 bits per heavy atom. The van der Waals surface area contributed by atoms with Gasteiger partial charge in [0.2, 0.25) is 0 Å². The normalized spacial score (nSPS) is 10.2. The zero-order valence-electron chi connectivity index (χ0n) is 16.6. The van der Waals surface area contributed by atoms with Gasteiger partial charge in [0.15, 0.2) is 0 Å². The lowest BCUT2D eigenvalue weighted by atomic mass is 10.1. The van der Waals surface area contributed by atoms with Crippen molar-refractivity contribution in [3.05, 3.63) is 33.8 Å².